The van der Waals surface area contributed by atoms with E-state index >= 15 is 0 Å². The molecule has 9 nitrogen and oxygen atoms in total. The Morgan fingerprint density at radius 3 is 2.15 bits per heavy atom. The molecule has 3 rings (SSSR count). The number of esters is 1. The number of hydrogen-bond acceptors (Lipinski definition) is 7. The topological polar surface area (TPSA) is 133 Å². The standard InChI is InChI=1S/C23H20N2O7S/c1-16-7-13-20(14-8-16)33(30,31)24-15-21(26)32-23(22(27)17-5-3-2-4-6-17)18-9-11-19(12-10-18)25(28)29/h2-14,23-24H,15H2,1H3/t23-/m1/s1. The van der Waals surface area contributed by atoms with Crippen molar-refractivity contribution in [1.82, 2.24) is 4.72 Å². The number of hydrogen-bond donors (Lipinski definition) is 1. The van der Waals surface area contributed by atoms with Gasteiger partial charge in [-0.3, -0.25) is 19.7 Å². The van der Waals surface area contributed by atoms with E-state index in [1.807, 2.05) is 6.92 Å². The van der Waals surface area contributed by atoms with Crippen molar-refractivity contribution in [2.24, 2.45) is 0 Å². The van der Waals surface area contributed by atoms with Crippen LogP contribution < -0.4 is 4.72 Å². The van der Waals surface area contributed by atoms with E-state index in [0.717, 1.165) is 5.56 Å². The predicted octanol–water partition coefficient (Wildman–Crippen LogP) is 3.35. The van der Waals surface area contributed by atoms with Crippen molar-refractivity contribution in [1.29, 1.82) is 0 Å². The fraction of sp³-hybridized carbons (Fsp3) is 0.130. The molecule has 0 amide bonds. The first kappa shape index (κ1) is 23.8. The maximum Gasteiger partial charge on any atom is 0.322 e. The Morgan fingerprint density at radius 2 is 1.58 bits per heavy atom. The molecule has 0 saturated carbocycles. The van der Waals surface area contributed by atoms with Crippen molar-refractivity contribution in [2.45, 2.75) is 17.9 Å². The maximum atomic E-state index is 13.0. The number of non-ortho nitro benzene ring substituents is 1. The van der Waals surface area contributed by atoms with E-state index in [1.54, 1.807) is 30.3 Å². The van der Waals surface area contributed by atoms with Gasteiger partial charge in [-0.1, -0.05) is 48.0 Å². The first-order valence-electron chi connectivity index (χ1n) is 9.77. The Hall–Kier alpha value is -3.89. The summed E-state index contributed by atoms with van der Waals surface area (Å²) in [4.78, 5) is 35.8. The summed E-state index contributed by atoms with van der Waals surface area (Å²) in [7, 11) is -3.97. The summed E-state index contributed by atoms with van der Waals surface area (Å²) in [5.74, 6) is -1.54. The third-order valence-electron chi connectivity index (χ3n) is 4.69. The Labute approximate surface area is 190 Å². The minimum Gasteiger partial charge on any atom is -0.448 e. The van der Waals surface area contributed by atoms with Crippen LogP contribution in [-0.2, 0) is 19.6 Å². The van der Waals surface area contributed by atoms with E-state index < -0.39 is 39.3 Å². The molecule has 3 aromatic carbocycles. The monoisotopic (exact) mass is 468 g/mol. The molecule has 0 saturated heterocycles. The van der Waals surface area contributed by atoms with Crippen LogP contribution >= 0.6 is 0 Å². The summed E-state index contributed by atoms with van der Waals surface area (Å²) in [6.45, 7) is 1.10. The largest absolute Gasteiger partial charge is 0.448 e. The molecule has 33 heavy (non-hydrogen) atoms. The number of nitrogens with zero attached hydrogens (tertiary/aromatic N) is 1. The number of nitro benzene ring substituents is 1. The molecular weight excluding hydrogens is 448 g/mol. The zero-order valence-electron chi connectivity index (χ0n) is 17.5. The first-order valence-corrected chi connectivity index (χ1v) is 11.2. The number of carbonyl (C=O) groups is 2. The van der Waals surface area contributed by atoms with Gasteiger partial charge in [-0.25, -0.2) is 8.42 Å². The minimum atomic E-state index is -3.97. The summed E-state index contributed by atoms with van der Waals surface area (Å²) in [5.41, 5.74) is 1.15. The number of nitrogens with one attached hydrogen (secondary N) is 1. The van der Waals surface area contributed by atoms with Crippen LogP contribution in [0.3, 0.4) is 0 Å². The van der Waals surface area contributed by atoms with Gasteiger partial charge in [0.15, 0.2) is 6.10 Å². The summed E-state index contributed by atoms with van der Waals surface area (Å²) < 4.78 is 32.3. The van der Waals surface area contributed by atoms with Gasteiger partial charge in [0.1, 0.15) is 6.54 Å². The van der Waals surface area contributed by atoms with E-state index in [4.69, 9.17) is 4.74 Å². The number of carbonyl (C=O) groups excluding carboxylic acids is 2. The van der Waals surface area contributed by atoms with Crippen molar-refractivity contribution in [3.05, 3.63) is 106 Å². The number of ketones is 1. The van der Waals surface area contributed by atoms with Crippen molar-refractivity contribution in [3.63, 3.8) is 0 Å². The molecule has 0 aromatic heterocycles. The van der Waals surface area contributed by atoms with E-state index in [2.05, 4.69) is 4.72 Å². The summed E-state index contributed by atoms with van der Waals surface area (Å²) >= 11 is 0. The number of aryl methyl sites for hydroxylation is 1. The van der Waals surface area contributed by atoms with Crippen LogP contribution in [0.2, 0.25) is 0 Å². The molecule has 10 heteroatoms. The molecule has 0 aliphatic rings. The molecule has 0 aliphatic heterocycles. The van der Waals surface area contributed by atoms with Gasteiger partial charge in [-0.15, -0.1) is 0 Å². The maximum absolute atomic E-state index is 13.0. The Balaban J connectivity index is 1.79. The number of nitro groups is 1. The van der Waals surface area contributed by atoms with Crippen LogP contribution in [0.1, 0.15) is 27.6 Å². The number of ether oxygens (including phenoxy) is 1. The number of Topliss-reactive ketones (excluding diaryl/α,β-unsaturated/α-hetero) is 1. The molecule has 0 unspecified atom stereocenters. The lowest BCUT2D eigenvalue weighted by atomic mass is 9.99. The van der Waals surface area contributed by atoms with E-state index in [-0.39, 0.29) is 21.7 Å². The van der Waals surface area contributed by atoms with Gasteiger partial charge in [-0.05, 0) is 31.2 Å². The van der Waals surface area contributed by atoms with Crippen molar-refractivity contribution >= 4 is 27.5 Å². The fourth-order valence-electron chi connectivity index (χ4n) is 2.93. The molecular formula is C23H20N2O7S. The van der Waals surface area contributed by atoms with Gasteiger partial charge < -0.3 is 4.74 Å². The lowest BCUT2D eigenvalue weighted by molar-refractivity contribution is -0.384. The number of sulfonamides is 1. The molecule has 0 fully saturated rings. The van der Waals surface area contributed by atoms with E-state index in [0.29, 0.717) is 0 Å². The number of benzene rings is 3. The third kappa shape index (κ3) is 6.09. The van der Waals surface area contributed by atoms with Crippen LogP contribution in [0.15, 0.2) is 83.8 Å². The van der Waals surface area contributed by atoms with Gasteiger partial charge in [0.05, 0.1) is 9.82 Å². The first-order chi connectivity index (χ1) is 15.7. The van der Waals surface area contributed by atoms with Gasteiger partial charge >= 0.3 is 5.97 Å². The zero-order valence-corrected chi connectivity index (χ0v) is 18.3. The molecule has 170 valence electrons. The Morgan fingerprint density at radius 1 is 0.970 bits per heavy atom. The second-order valence-corrected chi connectivity index (χ2v) is 8.85. The lowest BCUT2D eigenvalue weighted by Gasteiger charge is -2.18. The van der Waals surface area contributed by atoms with Crippen LogP contribution in [0.4, 0.5) is 5.69 Å². The molecule has 1 atom stereocenters. The normalized spacial score (nSPS) is 12.0. The zero-order chi connectivity index (χ0) is 24.0. The smallest absolute Gasteiger partial charge is 0.322 e. The highest BCUT2D eigenvalue weighted by molar-refractivity contribution is 7.89. The Bertz CT molecular complexity index is 1260. The Kier molecular flexibility index (Phi) is 7.31. The fourth-order valence-corrected chi connectivity index (χ4v) is 3.89. The highest BCUT2D eigenvalue weighted by Gasteiger charge is 2.27. The molecule has 0 bridgehead atoms. The predicted molar refractivity (Wildman–Crippen MR) is 119 cm³/mol. The van der Waals surface area contributed by atoms with Gasteiger partial charge in [0, 0.05) is 23.3 Å². The summed E-state index contributed by atoms with van der Waals surface area (Å²) in [6.07, 6.45) is -1.41. The van der Waals surface area contributed by atoms with Gasteiger partial charge in [0.25, 0.3) is 5.69 Å². The summed E-state index contributed by atoms with van der Waals surface area (Å²) in [5, 5.41) is 10.9. The second-order valence-electron chi connectivity index (χ2n) is 7.09. The molecule has 3 aromatic rings. The average Bonchev–Trinajstić information content (AvgIpc) is 2.82. The highest BCUT2D eigenvalue weighted by Crippen LogP contribution is 2.25. The van der Waals surface area contributed by atoms with Crippen molar-refractivity contribution < 1.29 is 27.7 Å². The quantitative estimate of drug-likeness (QED) is 0.220. The molecule has 0 heterocycles. The molecule has 0 radical (unpaired) electrons. The van der Waals surface area contributed by atoms with Crippen LogP contribution in [0.5, 0.6) is 0 Å². The second kappa shape index (κ2) is 10.2. The molecule has 1 N–H and O–H groups in total. The van der Waals surface area contributed by atoms with E-state index in [1.165, 1.54) is 48.5 Å². The van der Waals surface area contributed by atoms with Crippen LogP contribution in [0, 0.1) is 17.0 Å². The highest BCUT2D eigenvalue weighted by atomic mass is 32.2. The molecule has 0 spiro atoms. The van der Waals surface area contributed by atoms with Crippen LogP contribution in [-0.4, -0.2) is 31.6 Å². The van der Waals surface area contributed by atoms with Gasteiger partial charge in [-0.2, -0.15) is 4.72 Å². The third-order valence-corrected chi connectivity index (χ3v) is 6.11. The van der Waals surface area contributed by atoms with Crippen molar-refractivity contribution in [2.75, 3.05) is 6.54 Å². The minimum absolute atomic E-state index is 0.0202. The number of rotatable bonds is 9. The van der Waals surface area contributed by atoms with Gasteiger partial charge in [0.2, 0.25) is 15.8 Å². The average molecular weight is 468 g/mol. The SMILES string of the molecule is Cc1ccc(S(=O)(=O)NCC(=O)O[C@@H](C(=O)c2ccccc2)c2ccc([N+](=O)[O-])cc2)cc1. The molecule has 0 aliphatic carbocycles. The summed E-state index contributed by atoms with van der Waals surface area (Å²) in [6, 6.07) is 19.1. The van der Waals surface area contributed by atoms with Crippen LogP contribution in [0.25, 0.3) is 0 Å². The van der Waals surface area contributed by atoms with E-state index in [9.17, 15) is 28.1 Å². The lowest BCUT2D eigenvalue weighted by Crippen LogP contribution is -2.32. The van der Waals surface area contributed by atoms with Crippen molar-refractivity contribution in [3.8, 4) is 0 Å².